The predicted molar refractivity (Wildman–Crippen MR) is 104 cm³/mol. The van der Waals surface area contributed by atoms with E-state index in [0.29, 0.717) is 11.8 Å². The Kier molecular flexibility index (Phi) is 7.63. The van der Waals surface area contributed by atoms with Gasteiger partial charge in [0.2, 0.25) is 0 Å². The van der Waals surface area contributed by atoms with E-state index in [1.807, 2.05) is 0 Å². The molecular formula is C22H38O6. The van der Waals surface area contributed by atoms with E-state index in [0.717, 1.165) is 51.4 Å². The summed E-state index contributed by atoms with van der Waals surface area (Å²) in [6.45, 7) is 13.5. The zero-order valence-corrected chi connectivity index (χ0v) is 18.4. The Morgan fingerprint density at radius 3 is 1.50 bits per heavy atom. The summed E-state index contributed by atoms with van der Waals surface area (Å²) < 4.78 is 19.6. The second kappa shape index (κ2) is 9.36. The molecule has 0 radical (unpaired) electrons. The normalized spacial score (nSPS) is 29.9. The van der Waals surface area contributed by atoms with Crippen molar-refractivity contribution in [2.24, 2.45) is 22.7 Å². The zero-order chi connectivity index (χ0) is 20.9. The molecule has 0 atom stereocenters. The fourth-order valence-corrected chi connectivity index (χ4v) is 4.52. The molecule has 0 aromatic carbocycles. The van der Waals surface area contributed by atoms with Gasteiger partial charge >= 0.3 is 12.3 Å². The number of carbonyl (C=O) groups is 1. The van der Waals surface area contributed by atoms with E-state index in [1.165, 1.54) is 0 Å². The van der Waals surface area contributed by atoms with Crippen LogP contribution in [0, 0.1) is 22.7 Å². The van der Waals surface area contributed by atoms with Crippen molar-refractivity contribution < 1.29 is 28.8 Å². The Morgan fingerprint density at radius 2 is 1.14 bits per heavy atom. The molecule has 162 valence electrons. The van der Waals surface area contributed by atoms with Crippen molar-refractivity contribution in [2.75, 3.05) is 0 Å². The van der Waals surface area contributed by atoms with Crippen molar-refractivity contribution in [1.82, 2.24) is 0 Å². The number of hydrogen-bond acceptors (Lipinski definition) is 5. The third-order valence-electron chi connectivity index (χ3n) is 6.56. The van der Waals surface area contributed by atoms with Crippen LogP contribution in [0.15, 0.2) is 0 Å². The molecule has 0 spiro atoms. The number of ether oxygens (including phenoxy) is 3. The minimum absolute atomic E-state index is 0.169. The predicted octanol–water partition coefficient (Wildman–Crippen LogP) is 5.30. The average molecular weight is 399 g/mol. The summed E-state index contributed by atoms with van der Waals surface area (Å²) in [7, 11) is 0. The van der Waals surface area contributed by atoms with Gasteiger partial charge in [-0.25, -0.2) is 4.74 Å². The highest BCUT2D eigenvalue weighted by molar-refractivity contribution is 5.77. The molecule has 28 heavy (non-hydrogen) atoms. The summed E-state index contributed by atoms with van der Waals surface area (Å²) in [5.74, 6) is 1.25. The summed E-state index contributed by atoms with van der Waals surface area (Å²) in [6, 6.07) is 0. The molecule has 0 heterocycles. The van der Waals surface area contributed by atoms with Crippen LogP contribution in [0.3, 0.4) is 0 Å². The van der Waals surface area contributed by atoms with Gasteiger partial charge in [0, 0.05) is 12.8 Å². The fraction of sp³-hybridized carbons (Fsp3) is 0.909. The number of rotatable bonds is 2. The molecular weight excluding hydrogens is 360 g/mol. The van der Waals surface area contributed by atoms with Gasteiger partial charge in [0.25, 0.3) is 0 Å². The number of hydrogen-bond donors (Lipinski definition) is 0. The van der Waals surface area contributed by atoms with E-state index in [1.54, 1.807) is 0 Å². The standard InChI is InChI=1S/C22H38O6/c1-21(2,3)15-7-11-17(12-8-15)25-19(23)27-20(28-24)26-18-13-9-16(10-14-18)22(4,5)6/h15-18H,7-14H2,1-6H3. The Morgan fingerprint density at radius 1 is 0.750 bits per heavy atom. The highest BCUT2D eigenvalue weighted by Gasteiger charge is 2.37. The van der Waals surface area contributed by atoms with Crippen molar-refractivity contribution >= 4 is 12.3 Å². The lowest BCUT2D eigenvalue weighted by Gasteiger charge is -2.36. The first-order valence-corrected chi connectivity index (χ1v) is 10.7. The maximum Gasteiger partial charge on any atom is 0.735 e. The largest absolute Gasteiger partial charge is 0.735 e. The van der Waals surface area contributed by atoms with E-state index in [9.17, 15) is 10.1 Å². The minimum Gasteiger partial charge on any atom is -0.628 e. The second-order valence-electron chi connectivity index (χ2n) is 10.6. The molecule has 6 heteroatoms. The molecule has 2 aliphatic rings. The molecule has 0 bridgehead atoms. The highest BCUT2D eigenvalue weighted by atomic mass is 17.1. The summed E-state index contributed by atoms with van der Waals surface area (Å²) in [6.07, 6.45) is 5.38. The first kappa shape index (κ1) is 22.8. The van der Waals surface area contributed by atoms with Gasteiger partial charge in [0.05, 0.1) is 0 Å². The molecule has 0 aromatic rings. The van der Waals surface area contributed by atoms with Crippen LogP contribution in [0.2, 0.25) is 0 Å². The Labute approximate surface area is 169 Å². The van der Waals surface area contributed by atoms with Gasteiger partial charge in [-0.05, 0) is 61.2 Å². The molecule has 2 rings (SSSR count). The molecule has 0 amide bonds. The van der Waals surface area contributed by atoms with Crippen LogP contribution >= 0.6 is 0 Å². The van der Waals surface area contributed by atoms with Gasteiger partial charge in [-0.1, -0.05) is 41.5 Å². The van der Waals surface area contributed by atoms with Gasteiger partial charge in [0.1, 0.15) is 6.10 Å². The van der Waals surface area contributed by atoms with E-state index in [-0.39, 0.29) is 23.0 Å². The Hall–Kier alpha value is -1.46. The molecule has 0 N–H and O–H groups in total. The maximum absolute atomic E-state index is 12.0. The molecule has 0 unspecified atom stereocenters. The molecule has 2 fully saturated rings. The molecule has 0 aliphatic heterocycles. The summed E-state index contributed by atoms with van der Waals surface area (Å²) >= 11 is 0. The van der Waals surface area contributed by atoms with Crippen LogP contribution in [0.5, 0.6) is 0 Å². The van der Waals surface area contributed by atoms with E-state index < -0.39 is 12.3 Å². The number of carbonyl (C=O) groups excluding carboxylic acids is 2. The molecule has 6 nitrogen and oxygen atoms in total. The van der Waals surface area contributed by atoms with Gasteiger partial charge in [0.15, 0.2) is 6.10 Å². The van der Waals surface area contributed by atoms with Gasteiger partial charge in [-0.2, -0.15) is 4.79 Å². The topological polar surface area (TPSA) is 79.1 Å². The first-order valence-electron chi connectivity index (χ1n) is 10.7. The van der Waals surface area contributed by atoms with Gasteiger partial charge in [-0.3, -0.25) is 4.58 Å². The lowest BCUT2D eigenvalue weighted by atomic mass is 9.72. The van der Waals surface area contributed by atoms with Crippen LogP contribution in [-0.4, -0.2) is 24.5 Å². The lowest BCUT2D eigenvalue weighted by molar-refractivity contribution is -0.869. The van der Waals surface area contributed by atoms with Crippen molar-refractivity contribution in [2.45, 2.75) is 105 Å². The fourth-order valence-electron chi connectivity index (χ4n) is 4.52. The SMILES string of the molecule is CC(C)(C)C1CCC(OC(=O)OC(OC2CCC(C(C)(C)C)CC2)=[O+][O-])CC1. The molecule has 0 saturated heterocycles. The summed E-state index contributed by atoms with van der Waals surface area (Å²) in [4.78, 5) is 12.0. The third kappa shape index (κ3) is 6.85. The van der Waals surface area contributed by atoms with Crippen LogP contribution in [0.4, 0.5) is 9.37 Å². The quantitative estimate of drug-likeness (QED) is 0.207. The monoisotopic (exact) mass is 398 g/mol. The van der Waals surface area contributed by atoms with E-state index in [4.69, 9.17) is 14.2 Å². The Bertz CT molecular complexity index is 526. The third-order valence-corrected chi connectivity index (χ3v) is 6.56. The van der Waals surface area contributed by atoms with E-state index >= 15 is 0 Å². The molecule has 2 saturated carbocycles. The van der Waals surface area contributed by atoms with Crippen LogP contribution in [-0.2, 0) is 14.2 Å². The maximum atomic E-state index is 12.0. The second-order valence-corrected chi connectivity index (χ2v) is 10.6. The van der Waals surface area contributed by atoms with Crippen molar-refractivity contribution in [1.29, 1.82) is 0 Å². The minimum atomic E-state index is -0.923. The van der Waals surface area contributed by atoms with Crippen molar-refractivity contribution in [3.05, 3.63) is 0 Å². The first-order chi connectivity index (χ1) is 13.0. The van der Waals surface area contributed by atoms with Gasteiger partial charge < -0.3 is 14.7 Å². The summed E-state index contributed by atoms with van der Waals surface area (Å²) in [5, 5.41) is 10.9. The van der Waals surface area contributed by atoms with Crippen LogP contribution in [0.25, 0.3) is 0 Å². The highest BCUT2D eigenvalue weighted by Crippen LogP contribution is 2.39. The van der Waals surface area contributed by atoms with Crippen molar-refractivity contribution in [3.8, 4) is 0 Å². The Balaban J connectivity index is 1.73. The molecule has 0 aromatic heterocycles. The average Bonchev–Trinajstić information content (AvgIpc) is 2.60. The lowest BCUT2D eigenvalue weighted by Crippen LogP contribution is -2.33. The van der Waals surface area contributed by atoms with Gasteiger partial charge in [-0.15, -0.1) is 0 Å². The summed E-state index contributed by atoms with van der Waals surface area (Å²) in [5.41, 5.74) is 0.529. The van der Waals surface area contributed by atoms with Crippen molar-refractivity contribution in [3.63, 3.8) is 0 Å². The zero-order valence-electron chi connectivity index (χ0n) is 18.4. The van der Waals surface area contributed by atoms with Crippen LogP contribution < -0.4 is 5.26 Å². The smallest absolute Gasteiger partial charge is 0.628 e. The van der Waals surface area contributed by atoms with Crippen LogP contribution in [0.1, 0.15) is 92.9 Å². The van der Waals surface area contributed by atoms with E-state index in [2.05, 4.69) is 46.1 Å². The molecule has 2 aliphatic carbocycles.